The zero-order valence-electron chi connectivity index (χ0n) is 20.8. The summed E-state index contributed by atoms with van der Waals surface area (Å²) in [4.78, 5) is 28.5. The van der Waals surface area contributed by atoms with E-state index in [1.54, 1.807) is 35.3 Å². The van der Waals surface area contributed by atoms with Gasteiger partial charge in [-0.2, -0.15) is 0 Å². The third kappa shape index (κ3) is 6.32. The van der Waals surface area contributed by atoms with Gasteiger partial charge in [0.1, 0.15) is 16.5 Å². The molecule has 8 nitrogen and oxygen atoms in total. The fourth-order valence-corrected chi connectivity index (χ4v) is 5.38. The molecule has 39 heavy (non-hydrogen) atoms. The number of amides is 2. The van der Waals surface area contributed by atoms with Crippen molar-refractivity contribution in [3.05, 3.63) is 108 Å². The molecule has 0 aromatic heterocycles. The standard InChI is InChI=1S/C28H26F2N4O4S/c1-2-3-5-19-6-4-7-25(26(19)31)39(37,38)32-24-10-8-20(9-11-24)27(35)33-12-14-34(15-13-33)28(36)21-16-22(29)18-23(30)17-21/h2-11,16-18,32H,1,12-15,31H2/b5-3-. The van der Waals surface area contributed by atoms with E-state index < -0.39 is 27.6 Å². The van der Waals surface area contributed by atoms with E-state index in [1.807, 2.05) is 0 Å². The molecule has 3 aromatic rings. The van der Waals surface area contributed by atoms with Crippen molar-refractivity contribution in [1.29, 1.82) is 0 Å². The molecule has 4 rings (SSSR count). The smallest absolute Gasteiger partial charge is 0.263 e. The Bertz CT molecular complexity index is 1530. The van der Waals surface area contributed by atoms with Gasteiger partial charge in [-0.05, 0) is 48.0 Å². The summed E-state index contributed by atoms with van der Waals surface area (Å²) < 4.78 is 55.3. The summed E-state index contributed by atoms with van der Waals surface area (Å²) in [6.07, 6.45) is 4.85. The van der Waals surface area contributed by atoms with Crippen LogP contribution in [-0.2, 0) is 10.0 Å². The normalized spacial score (nSPS) is 13.9. The molecule has 2 amide bonds. The van der Waals surface area contributed by atoms with Gasteiger partial charge in [-0.3, -0.25) is 14.3 Å². The van der Waals surface area contributed by atoms with Gasteiger partial charge in [0.25, 0.3) is 21.8 Å². The van der Waals surface area contributed by atoms with E-state index in [-0.39, 0.29) is 53.9 Å². The average molecular weight is 553 g/mol. The van der Waals surface area contributed by atoms with E-state index >= 15 is 0 Å². The number of allylic oxidation sites excluding steroid dienone is 2. The van der Waals surface area contributed by atoms with E-state index in [9.17, 15) is 26.8 Å². The summed E-state index contributed by atoms with van der Waals surface area (Å²) in [5, 5.41) is 0. The van der Waals surface area contributed by atoms with Gasteiger partial charge < -0.3 is 15.5 Å². The molecule has 1 heterocycles. The van der Waals surface area contributed by atoms with E-state index in [0.29, 0.717) is 17.2 Å². The summed E-state index contributed by atoms with van der Waals surface area (Å²) in [6, 6.07) is 13.3. The van der Waals surface area contributed by atoms with Crippen LogP contribution in [0.3, 0.4) is 0 Å². The third-order valence-electron chi connectivity index (χ3n) is 6.15. The van der Waals surface area contributed by atoms with Crippen LogP contribution in [0.2, 0.25) is 0 Å². The lowest BCUT2D eigenvalue weighted by Crippen LogP contribution is -2.50. The highest BCUT2D eigenvalue weighted by molar-refractivity contribution is 7.92. The second-order valence-electron chi connectivity index (χ2n) is 8.78. The van der Waals surface area contributed by atoms with Crippen molar-refractivity contribution >= 4 is 39.3 Å². The molecule has 0 bridgehead atoms. The van der Waals surface area contributed by atoms with Crippen molar-refractivity contribution in [1.82, 2.24) is 9.80 Å². The van der Waals surface area contributed by atoms with Gasteiger partial charge in [-0.15, -0.1) is 0 Å². The fraction of sp³-hybridized carbons (Fsp3) is 0.143. The van der Waals surface area contributed by atoms with Crippen molar-refractivity contribution in [3.63, 3.8) is 0 Å². The van der Waals surface area contributed by atoms with Crippen molar-refractivity contribution < 1.29 is 26.8 Å². The maximum absolute atomic E-state index is 13.5. The zero-order valence-corrected chi connectivity index (χ0v) is 21.6. The van der Waals surface area contributed by atoms with Crippen LogP contribution in [0.5, 0.6) is 0 Å². The number of halogens is 2. The molecule has 1 aliphatic rings. The Morgan fingerprint density at radius 1 is 0.872 bits per heavy atom. The number of rotatable bonds is 7. The minimum atomic E-state index is -4.00. The number of nitrogen functional groups attached to an aromatic ring is 1. The number of nitrogens with two attached hydrogens (primary N) is 1. The molecule has 0 atom stereocenters. The molecule has 0 radical (unpaired) electrons. The Morgan fingerprint density at radius 2 is 1.44 bits per heavy atom. The van der Waals surface area contributed by atoms with Gasteiger partial charge >= 0.3 is 0 Å². The lowest BCUT2D eigenvalue weighted by molar-refractivity contribution is 0.0535. The number of nitrogens with one attached hydrogen (secondary N) is 1. The van der Waals surface area contributed by atoms with Crippen LogP contribution in [0.1, 0.15) is 26.3 Å². The summed E-state index contributed by atoms with van der Waals surface area (Å²) in [7, 11) is -4.00. The molecule has 1 fully saturated rings. The van der Waals surface area contributed by atoms with Crippen LogP contribution in [-0.4, -0.2) is 56.2 Å². The molecule has 0 spiro atoms. The Kier molecular flexibility index (Phi) is 8.10. The number of carbonyl (C=O) groups excluding carboxylic acids is 2. The molecule has 0 unspecified atom stereocenters. The van der Waals surface area contributed by atoms with Crippen molar-refractivity contribution in [2.45, 2.75) is 4.90 Å². The van der Waals surface area contributed by atoms with Gasteiger partial charge in [-0.25, -0.2) is 17.2 Å². The van der Waals surface area contributed by atoms with Crippen LogP contribution >= 0.6 is 0 Å². The SMILES string of the molecule is C=C/C=C\c1cccc(S(=O)(=O)Nc2ccc(C(=O)N3CCN(C(=O)c4cc(F)cc(F)c4)CC3)cc2)c1N. The highest BCUT2D eigenvalue weighted by Crippen LogP contribution is 2.26. The van der Waals surface area contributed by atoms with Crippen LogP contribution in [0, 0.1) is 11.6 Å². The number of hydrogen-bond donors (Lipinski definition) is 2. The van der Waals surface area contributed by atoms with Crippen molar-refractivity contribution in [2.24, 2.45) is 0 Å². The number of piperazine rings is 1. The number of hydrogen-bond acceptors (Lipinski definition) is 5. The third-order valence-corrected chi connectivity index (χ3v) is 7.59. The number of sulfonamides is 1. The largest absolute Gasteiger partial charge is 0.397 e. The number of anilines is 2. The predicted molar refractivity (Wildman–Crippen MR) is 146 cm³/mol. The van der Waals surface area contributed by atoms with Gasteiger partial charge in [0.2, 0.25) is 0 Å². The van der Waals surface area contributed by atoms with E-state index in [0.717, 1.165) is 12.1 Å². The van der Waals surface area contributed by atoms with Gasteiger partial charge in [0.15, 0.2) is 0 Å². The number of benzene rings is 3. The molecule has 1 saturated heterocycles. The minimum absolute atomic E-state index is 0.0812. The molecule has 1 aliphatic heterocycles. The number of nitrogens with zero attached hydrogens (tertiary/aromatic N) is 2. The maximum atomic E-state index is 13.5. The summed E-state index contributed by atoms with van der Waals surface area (Å²) in [6.45, 7) is 4.44. The predicted octanol–water partition coefficient (Wildman–Crippen LogP) is 4.15. The first-order valence-electron chi connectivity index (χ1n) is 11.9. The van der Waals surface area contributed by atoms with E-state index in [4.69, 9.17) is 5.73 Å². The Balaban J connectivity index is 1.39. The number of para-hydroxylation sites is 1. The first-order chi connectivity index (χ1) is 18.6. The molecule has 11 heteroatoms. The van der Waals surface area contributed by atoms with Crippen LogP contribution in [0.15, 0.2) is 84.3 Å². The Morgan fingerprint density at radius 3 is 2.00 bits per heavy atom. The quantitative estimate of drug-likeness (QED) is 0.338. The van der Waals surface area contributed by atoms with Crippen LogP contribution < -0.4 is 10.5 Å². The zero-order chi connectivity index (χ0) is 28.2. The summed E-state index contributed by atoms with van der Waals surface area (Å²) >= 11 is 0. The number of carbonyl (C=O) groups is 2. The molecule has 3 aromatic carbocycles. The molecular weight excluding hydrogens is 526 g/mol. The van der Waals surface area contributed by atoms with E-state index in [2.05, 4.69) is 11.3 Å². The van der Waals surface area contributed by atoms with Gasteiger partial charge in [0.05, 0.1) is 5.69 Å². The van der Waals surface area contributed by atoms with Gasteiger partial charge in [0, 0.05) is 49.1 Å². The first kappa shape index (κ1) is 27.5. The molecule has 3 N–H and O–H groups in total. The highest BCUT2D eigenvalue weighted by Gasteiger charge is 2.26. The molecular formula is C28H26F2N4O4S. The molecule has 0 aliphatic carbocycles. The average Bonchev–Trinajstić information content (AvgIpc) is 2.91. The monoisotopic (exact) mass is 552 g/mol. The fourth-order valence-electron chi connectivity index (χ4n) is 4.16. The molecule has 0 saturated carbocycles. The van der Waals surface area contributed by atoms with Crippen LogP contribution in [0.4, 0.5) is 20.2 Å². The summed E-state index contributed by atoms with van der Waals surface area (Å²) in [5.74, 6) is -2.48. The minimum Gasteiger partial charge on any atom is -0.397 e. The first-order valence-corrected chi connectivity index (χ1v) is 13.4. The second-order valence-corrected chi connectivity index (χ2v) is 10.4. The lowest BCUT2D eigenvalue weighted by atomic mass is 10.1. The second kappa shape index (κ2) is 11.5. The Hall–Kier alpha value is -4.51. The highest BCUT2D eigenvalue weighted by atomic mass is 32.2. The lowest BCUT2D eigenvalue weighted by Gasteiger charge is -2.35. The Labute approximate surface area is 225 Å². The van der Waals surface area contributed by atoms with Crippen molar-refractivity contribution in [3.8, 4) is 0 Å². The topological polar surface area (TPSA) is 113 Å². The van der Waals surface area contributed by atoms with Crippen LogP contribution in [0.25, 0.3) is 6.08 Å². The summed E-state index contributed by atoms with van der Waals surface area (Å²) in [5.41, 5.74) is 7.19. The maximum Gasteiger partial charge on any atom is 0.263 e. The van der Waals surface area contributed by atoms with Gasteiger partial charge in [-0.1, -0.05) is 36.9 Å². The van der Waals surface area contributed by atoms with E-state index in [1.165, 1.54) is 35.2 Å². The van der Waals surface area contributed by atoms with Crippen molar-refractivity contribution in [2.75, 3.05) is 36.6 Å². The molecule has 202 valence electrons.